The Kier molecular flexibility index (Phi) is 6.78. The third kappa shape index (κ3) is 5.05. The first-order valence-corrected chi connectivity index (χ1v) is 8.74. The quantitative estimate of drug-likeness (QED) is 0.709. The van der Waals surface area contributed by atoms with Crippen LogP contribution >= 0.6 is 12.4 Å². The molecule has 26 heavy (non-hydrogen) atoms. The molecule has 1 saturated carbocycles. The highest BCUT2D eigenvalue weighted by molar-refractivity contribution is 5.88. The molecule has 0 aliphatic heterocycles. The summed E-state index contributed by atoms with van der Waals surface area (Å²) < 4.78 is 18.6. The molecular weight excluding hydrogens is 357 g/mol. The van der Waals surface area contributed by atoms with Crippen LogP contribution < -0.4 is 5.73 Å². The van der Waals surface area contributed by atoms with Crippen LogP contribution in [0.25, 0.3) is 11.3 Å². The maximum absolute atomic E-state index is 13.3. The van der Waals surface area contributed by atoms with Gasteiger partial charge in [0.2, 0.25) is 5.91 Å². The molecule has 142 valence electrons. The van der Waals surface area contributed by atoms with Gasteiger partial charge in [-0.05, 0) is 37.8 Å². The Morgan fingerprint density at radius 1 is 1.31 bits per heavy atom. The zero-order chi connectivity index (χ0) is 17.9. The lowest BCUT2D eigenvalue weighted by Gasteiger charge is -2.20. The lowest BCUT2D eigenvalue weighted by atomic mass is 10.1. The van der Waals surface area contributed by atoms with Gasteiger partial charge in [0, 0.05) is 31.6 Å². The third-order valence-electron chi connectivity index (χ3n) is 4.66. The van der Waals surface area contributed by atoms with Gasteiger partial charge in [-0.3, -0.25) is 4.79 Å². The van der Waals surface area contributed by atoms with Crippen LogP contribution in [0.15, 0.2) is 34.9 Å². The van der Waals surface area contributed by atoms with Crippen molar-refractivity contribution < 1.29 is 13.7 Å². The van der Waals surface area contributed by atoms with Gasteiger partial charge in [0.05, 0.1) is 5.54 Å². The summed E-state index contributed by atoms with van der Waals surface area (Å²) >= 11 is 0. The molecule has 0 unspecified atom stereocenters. The fourth-order valence-corrected chi connectivity index (χ4v) is 2.87. The standard InChI is InChI=1S/C19H24FN3O2.ClH/c1-23(18(24)19(21)9-10-19)11-4-2-3-8-16-13-17(22-25-16)14-6-5-7-15(20)12-14;/h5-7,12-13H,2-4,8-11,21H2,1H3;1H. The summed E-state index contributed by atoms with van der Waals surface area (Å²) in [5.74, 6) is 0.566. The highest BCUT2D eigenvalue weighted by atomic mass is 35.5. The van der Waals surface area contributed by atoms with E-state index in [4.69, 9.17) is 10.3 Å². The van der Waals surface area contributed by atoms with Crippen LogP contribution in [-0.2, 0) is 11.2 Å². The van der Waals surface area contributed by atoms with Crippen molar-refractivity contribution in [2.24, 2.45) is 5.73 Å². The van der Waals surface area contributed by atoms with Crippen molar-refractivity contribution in [1.29, 1.82) is 0 Å². The van der Waals surface area contributed by atoms with E-state index in [0.717, 1.165) is 50.8 Å². The second kappa shape index (κ2) is 8.64. The molecule has 0 spiro atoms. The van der Waals surface area contributed by atoms with Crippen LogP contribution in [0.4, 0.5) is 4.39 Å². The molecular formula is C19H25ClFN3O2. The first-order chi connectivity index (χ1) is 12.0. The average Bonchev–Trinajstić information content (AvgIpc) is 3.17. The number of nitrogens with two attached hydrogens (primary N) is 1. The van der Waals surface area contributed by atoms with Crippen LogP contribution in [0.1, 0.15) is 37.9 Å². The van der Waals surface area contributed by atoms with Gasteiger partial charge in [0.1, 0.15) is 17.3 Å². The number of nitrogens with zero attached hydrogens (tertiary/aromatic N) is 2. The van der Waals surface area contributed by atoms with E-state index in [0.29, 0.717) is 11.3 Å². The second-order valence-corrected chi connectivity index (χ2v) is 6.88. The summed E-state index contributed by atoms with van der Waals surface area (Å²) in [7, 11) is 1.82. The first-order valence-electron chi connectivity index (χ1n) is 8.74. The molecule has 0 bridgehead atoms. The largest absolute Gasteiger partial charge is 0.361 e. The monoisotopic (exact) mass is 381 g/mol. The predicted octanol–water partition coefficient (Wildman–Crippen LogP) is 3.57. The Morgan fingerprint density at radius 3 is 2.77 bits per heavy atom. The number of aromatic nitrogens is 1. The second-order valence-electron chi connectivity index (χ2n) is 6.88. The Morgan fingerprint density at radius 2 is 2.08 bits per heavy atom. The molecule has 0 atom stereocenters. The smallest absolute Gasteiger partial charge is 0.242 e. The summed E-state index contributed by atoms with van der Waals surface area (Å²) in [5.41, 5.74) is 6.71. The van der Waals surface area contributed by atoms with E-state index < -0.39 is 5.54 Å². The van der Waals surface area contributed by atoms with Crippen molar-refractivity contribution >= 4 is 18.3 Å². The van der Waals surface area contributed by atoms with Gasteiger partial charge in [-0.25, -0.2) is 4.39 Å². The maximum atomic E-state index is 13.3. The Balaban J connectivity index is 0.00000243. The minimum Gasteiger partial charge on any atom is -0.361 e. The fraction of sp³-hybridized carbons (Fsp3) is 0.474. The molecule has 1 aromatic carbocycles. The maximum Gasteiger partial charge on any atom is 0.242 e. The summed E-state index contributed by atoms with van der Waals surface area (Å²) in [6, 6.07) is 8.17. The molecule has 1 amide bonds. The molecule has 1 aliphatic rings. The normalized spacial score (nSPS) is 14.6. The number of likely N-dealkylation sites (N-methyl/N-ethyl adjacent to an activating group) is 1. The summed E-state index contributed by atoms with van der Waals surface area (Å²) in [5, 5.41) is 4.00. The van der Waals surface area contributed by atoms with Crippen molar-refractivity contribution in [3.05, 3.63) is 41.9 Å². The van der Waals surface area contributed by atoms with Crippen molar-refractivity contribution in [2.45, 2.75) is 44.1 Å². The lowest BCUT2D eigenvalue weighted by Crippen LogP contribution is -2.44. The number of unbranched alkanes of at least 4 members (excludes halogenated alkanes) is 2. The number of hydrogen-bond donors (Lipinski definition) is 1. The topological polar surface area (TPSA) is 72.4 Å². The number of aryl methyl sites for hydroxylation is 1. The lowest BCUT2D eigenvalue weighted by molar-refractivity contribution is -0.132. The molecule has 2 N–H and O–H groups in total. The summed E-state index contributed by atoms with van der Waals surface area (Å²) in [6.45, 7) is 0.725. The summed E-state index contributed by atoms with van der Waals surface area (Å²) in [6.07, 6.45) is 5.26. The first kappa shape index (κ1) is 20.4. The summed E-state index contributed by atoms with van der Waals surface area (Å²) in [4.78, 5) is 13.8. The molecule has 1 heterocycles. The molecule has 2 aromatic rings. The van der Waals surface area contributed by atoms with E-state index in [-0.39, 0.29) is 24.1 Å². The molecule has 3 rings (SSSR count). The number of hydrogen-bond acceptors (Lipinski definition) is 4. The van der Waals surface area contributed by atoms with E-state index in [9.17, 15) is 9.18 Å². The highest BCUT2D eigenvalue weighted by Crippen LogP contribution is 2.33. The molecule has 0 saturated heterocycles. The minimum atomic E-state index is -0.581. The van der Waals surface area contributed by atoms with Gasteiger partial charge in [0.15, 0.2) is 0 Å². The van der Waals surface area contributed by atoms with Crippen LogP contribution in [-0.4, -0.2) is 35.1 Å². The zero-order valence-corrected chi connectivity index (χ0v) is 15.7. The van der Waals surface area contributed by atoms with E-state index in [1.54, 1.807) is 11.0 Å². The number of carbonyl (C=O) groups is 1. The molecule has 1 aromatic heterocycles. The van der Waals surface area contributed by atoms with Gasteiger partial charge < -0.3 is 15.2 Å². The molecule has 5 nitrogen and oxygen atoms in total. The Hall–Kier alpha value is -1.92. The molecule has 1 fully saturated rings. The third-order valence-corrected chi connectivity index (χ3v) is 4.66. The number of rotatable bonds is 8. The minimum absolute atomic E-state index is 0. The number of carbonyl (C=O) groups excluding carboxylic acids is 1. The van der Waals surface area contributed by atoms with Crippen molar-refractivity contribution in [2.75, 3.05) is 13.6 Å². The van der Waals surface area contributed by atoms with Gasteiger partial charge in [-0.1, -0.05) is 23.7 Å². The number of benzene rings is 1. The highest BCUT2D eigenvalue weighted by Gasteiger charge is 2.47. The van der Waals surface area contributed by atoms with Gasteiger partial charge >= 0.3 is 0 Å². The van der Waals surface area contributed by atoms with Gasteiger partial charge in [0.25, 0.3) is 0 Å². The molecule has 7 heteroatoms. The van der Waals surface area contributed by atoms with Crippen molar-refractivity contribution in [3.63, 3.8) is 0 Å². The van der Waals surface area contributed by atoms with E-state index >= 15 is 0 Å². The fourth-order valence-electron chi connectivity index (χ4n) is 2.87. The molecule has 1 aliphatic carbocycles. The predicted molar refractivity (Wildman–Crippen MR) is 100 cm³/mol. The van der Waals surface area contributed by atoms with Crippen LogP contribution in [0.5, 0.6) is 0 Å². The number of halogens is 2. The van der Waals surface area contributed by atoms with E-state index in [1.165, 1.54) is 12.1 Å². The van der Waals surface area contributed by atoms with Crippen LogP contribution in [0.2, 0.25) is 0 Å². The SMILES string of the molecule is CN(CCCCCc1cc(-c2cccc(F)c2)no1)C(=O)C1(N)CC1.Cl. The van der Waals surface area contributed by atoms with Crippen molar-refractivity contribution in [3.8, 4) is 11.3 Å². The van der Waals surface area contributed by atoms with Gasteiger partial charge in [-0.2, -0.15) is 0 Å². The average molecular weight is 382 g/mol. The number of amides is 1. The van der Waals surface area contributed by atoms with Crippen LogP contribution in [0.3, 0.4) is 0 Å². The Bertz CT molecular complexity index is 746. The Labute approximate surface area is 159 Å². The van der Waals surface area contributed by atoms with Gasteiger partial charge in [-0.15, -0.1) is 12.4 Å². The van der Waals surface area contributed by atoms with E-state index in [2.05, 4.69) is 5.16 Å². The zero-order valence-electron chi connectivity index (χ0n) is 14.9. The van der Waals surface area contributed by atoms with Crippen molar-refractivity contribution in [1.82, 2.24) is 10.1 Å². The van der Waals surface area contributed by atoms with E-state index in [1.807, 2.05) is 19.2 Å². The van der Waals surface area contributed by atoms with Crippen LogP contribution in [0, 0.1) is 5.82 Å². The molecule has 0 radical (unpaired) electrons.